The normalized spacial score (nSPS) is 47.8. The Morgan fingerprint density at radius 1 is 0.915 bits per heavy atom. The average Bonchev–Trinajstić information content (AvgIpc) is 3.42. The van der Waals surface area contributed by atoms with E-state index in [1.165, 1.54) is 6.92 Å². The first-order valence-corrected chi connectivity index (χ1v) is 16.1. The Balaban J connectivity index is 1.53. The third-order valence-corrected chi connectivity index (χ3v) is 11.7. The molecule has 5 fully saturated rings. The zero-order valence-electron chi connectivity index (χ0n) is 27.0. The number of aliphatic hydroxyl groups is 4. The number of hydrogen-bond donors (Lipinski definition) is 4. The monoisotopic (exact) mass is 650 g/mol. The number of hydrogen-bond acceptors (Lipinski definition) is 11. The molecule has 3 saturated carbocycles. The minimum Gasteiger partial charge on any atom is -0.456 e. The summed E-state index contributed by atoms with van der Waals surface area (Å²) in [6.07, 6.45) is -7.23. The quantitative estimate of drug-likeness (QED) is 0.278. The molecule has 0 radical (unpaired) electrons. The van der Waals surface area contributed by atoms with Crippen LogP contribution in [0.25, 0.3) is 0 Å². The van der Waals surface area contributed by atoms with Crippen LogP contribution in [-0.2, 0) is 34.5 Å². The molecule has 2 aromatic carbocycles. The van der Waals surface area contributed by atoms with E-state index in [0.717, 1.165) is 6.92 Å². The van der Waals surface area contributed by atoms with Crippen molar-refractivity contribution >= 4 is 11.9 Å². The lowest BCUT2D eigenvalue weighted by Gasteiger charge is -2.62. The van der Waals surface area contributed by atoms with Crippen LogP contribution >= 0.6 is 0 Å². The van der Waals surface area contributed by atoms with Crippen LogP contribution in [0.3, 0.4) is 0 Å². The average molecular weight is 651 g/mol. The minimum atomic E-state index is -2.33. The molecule has 11 nitrogen and oxygen atoms in total. The Bertz CT molecular complexity index is 1600. The molecule has 5 aliphatic rings. The van der Waals surface area contributed by atoms with Crippen LogP contribution in [0.5, 0.6) is 0 Å². The molecule has 0 unspecified atom stereocenters. The molecule has 3 bridgehead atoms. The van der Waals surface area contributed by atoms with Gasteiger partial charge < -0.3 is 44.1 Å². The Labute approximate surface area is 273 Å². The van der Waals surface area contributed by atoms with Gasteiger partial charge in [0, 0.05) is 30.2 Å². The summed E-state index contributed by atoms with van der Waals surface area (Å²) in [4.78, 5) is 26.4. The van der Waals surface area contributed by atoms with Crippen molar-refractivity contribution in [2.45, 2.75) is 99.9 Å². The highest BCUT2D eigenvalue weighted by Gasteiger charge is 2.87. The van der Waals surface area contributed by atoms with E-state index >= 15 is 0 Å². The number of benzene rings is 2. The summed E-state index contributed by atoms with van der Waals surface area (Å²) in [5.74, 6) is -7.10. The summed E-state index contributed by atoms with van der Waals surface area (Å²) >= 11 is 0. The third kappa shape index (κ3) is 3.99. The first-order chi connectivity index (χ1) is 22.1. The van der Waals surface area contributed by atoms with Gasteiger partial charge in [0.05, 0.1) is 23.4 Å². The summed E-state index contributed by atoms with van der Waals surface area (Å²) in [6.45, 7) is 11.9. The molecule has 0 aromatic heterocycles. The van der Waals surface area contributed by atoms with Gasteiger partial charge >= 0.3 is 17.9 Å². The van der Waals surface area contributed by atoms with Gasteiger partial charge in [-0.3, -0.25) is 4.79 Å². The smallest absolute Gasteiger partial charge is 0.338 e. The predicted molar refractivity (Wildman–Crippen MR) is 164 cm³/mol. The number of fused-ring (bicyclic) bond motifs is 2. The van der Waals surface area contributed by atoms with Gasteiger partial charge in [0.15, 0.2) is 11.7 Å². The van der Waals surface area contributed by atoms with Crippen molar-refractivity contribution in [1.82, 2.24) is 0 Å². The molecule has 47 heavy (non-hydrogen) atoms. The number of ether oxygens (including phenoxy) is 5. The number of carbonyl (C=O) groups is 2. The van der Waals surface area contributed by atoms with Crippen molar-refractivity contribution in [2.75, 3.05) is 0 Å². The maximum Gasteiger partial charge on any atom is 0.338 e. The van der Waals surface area contributed by atoms with Gasteiger partial charge in [-0.05, 0) is 43.9 Å². The van der Waals surface area contributed by atoms with Crippen molar-refractivity contribution < 1.29 is 53.7 Å². The maximum atomic E-state index is 13.8. The summed E-state index contributed by atoms with van der Waals surface area (Å²) in [7, 11) is 0. The molecule has 2 saturated heterocycles. The van der Waals surface area contributed by atoms with Crippen molar-refractivity contribution in [1.29, 1.82) is 0 Å². The number of aliphatic hydroxyl groups excluding tert-OH is 2. The van der Waals surface area contributed by atoms with Gasteiger partial charge in [-0.2, -0.15) is 0 Å². The predicted octanol–water partition coefficient (Wildman–Crippen LogP) is 2.59. The van der Waals surface area contributed by atoms with E-state index in [1.807, 2.05) is 6.07 Å². The molecule has 4 N–H and O–H groups in total. The number of rotatable bonds is 5. The van der Waals surface area contributed by atoms with Gasteiger partial charge in [-0.1, -0.05) is 69.0 Å². The summed E-state index contributed by atoms with van der Waals surface area (Å²) in [6, 6.07) is 17.3. The molecule has 0 amide bonds. The van der Waals surface area contributed by atoms with Crippen LogP contribution in [0.2, 0.25) is 0 Å². The lowest BCUT2D eigenvalue weighted by atomic mass is 9.52. The van der Waals surface area contributed by atoms with Crippen molar-refractivity contribution in [3.63, 3.8) is 0 Å². The van der Waals surface area contributed by atoms with Gasteiger partial charge in [-0.15, -0.1) is 0 Å². The molecular formula is C36H42O11. The molecule has 2 aromatic rings. The highest BCUT2D eigenvalue weighted by Crippen LogP contribution is 2.72. The SMILES string of the molecule is C=C(C)[C@@]12O[C@@]3(c4ccccc4)O[C@@H]1[C@@H]1[C@H](O)[C@@](C)(O)[C@@H](OC(C)=O)[C@]4(O)[C@@H](O)[C@@H](C)C[C@@H]4[C@@]1(O3)[C@H](C)[C@@H]2OC(=O)c1ccccc1. The second kappa shape index (κ2) is 10.4. The highest BCUT2D eigenvalue weighted by atomic mass is 16.9. The molecular weight excluding hydrogens is 608 g/mol. The van der Waals surface area contributed by atoms with Crippen molar-refractivity contribution in [3.8, 4) is 0 Å². The fraction of sp³-hybridized carbons (Fsp3) is 0.556. The van der Waals surface area contributed by atoms with E-state index in [2.05, 4.69) is 6.58 Å². The first kappa shape index (κ1) is 32.4. The van der Waals surface area contributed by atoms with Gasteiger partial charge in [0.1, 0.15) is 23.4 Å². The Morgan fingerprint density at radius 3 is 2.13 bits per heavy atom. The lowest BCUT2D eigenvalue weighted by molar-refractivity contribution is -0.447. The Kier molecular flexibility index (Phi) is 7.18. The second-order valence-corrected chi connectivity index (χ2v) is 14.4. The molecule has 2 heterocycles. The van der Waals surface area contributed by atoms with Crippen LogP contribution in [0.15, 0.2) is 72.8 Å². The second-order valence-electron chi connectivity index (χ2n) is 14.4. The van der Waals surface area contributed by atoms with E-state index in [0.29, 0.717) is 11.1 Å². The van der Waals surface area contributed by atoms with Crippen molar-refractivity contribution in [3.05, 3.63) is 83.9 Å². The molecule has 7 rings (SSSR count). The van der Waals surface area contributed by atoms with E-state index < -0.39 is 94.5 Å². The van der Waals surface area contributed by atoms with E-state index in [9.17, 15) is 30.0 Å². The van der Waals surface area contributed by atoms with Crippen LogP contribution in [-0.4, -0.2) is 85.3 Å². The zero-order valence-corrected chi connectivity index (χ0v) is 27.0. The standard InChI is InChI=1S/C36H42O11/c1-18(2)34-28(44-30(40)22-13-9-7-10-14-22)20(4)35-24-17-19(3)26(38)33(24,42)31(43-21(5)37)32(6,41)27(39)25(35)29(34)45-36(46-34,47-35)23-15-11-8-12-16-23/h7-16,19-20,24-29,31,38-39,41-42H,1,17H2,2-6H3/t19-,20+,24-,25-,26-,27-,28-,29+,31+,32+,33+,34-,35-,36+/m0/s1. The summed E-state index contributed by atoms with van der Waals surface area (Å²) in [5, 5.41) is 49.2. The van der Waals surface area contributed by atoms with E-state index in [4.69, 9.17) is 23.7 Å². The zero-order chi connectivity index (χ0) is 33.9. The molecule has 252 valence electrons. The molecule has 11 heteroatoms. The topological polar surface area (TPSA) is 161 Å². The number of esters is 2. The van der Waals surface area contributed by atoms with Crippen LogP contribution < -0.4 is 0 Å². The van der Waals surface area contributed by atoms with Crippen LogP contribution in [0, 0.1) is 23.7 Å². The van der Waals surface area contributed by atoms with Gasteiger partial charge in [0.25, 0.3) is 0 Å². The third-order valence-electron chi connectivity index (χ3n) is 11.7. The van der Waals surface area contributed by atoms with Crippen LogP contribution in [0.4, 0.5) is 0 Å². The van der Waals surface area contributed by atoms with Crippen molar-refractivity contribution in [2.24, 2.45) is 23.7 Å². The first-order valence-electron chi connectivity index (χ1n) is 16.1. The van der Waals surface area contributed by atoms with E-state index in [1.54, 1.807) is 75.4 Å². The molecule has 0 spiro atoms. The fourth-order valence-corrected chi connectivity index (χ4v) is 9.69. The summed E-state index contributed by atoms with van der Waals surface area (Å²) < 4.78 is 32.9. The molecule has 14 atom stereocenters. The highest BCUT2D eigenvalue weighted by molar-refractivity contribution is 5.89. The fourth-order valence-electron chi connectivity index (χ4n) is 9.69. The lowest BCUT2D eigenvalue weighted by Crippen LogP contribution is -2.77. The van der Waals surface area contributed by atoms with Gasteiger partial charge in [0.2, 0.25) is 0 Å². The van der Waals surface area contributed by atoms with E-state index in [-0.39, 0.29) is 12.0 Å². The van der Waals surface area contributed by atoms with Gasteiger partial charge in [-0.25, -0.2) is 4.79 Å². The minimum absolute atomic E-state index is 0.135. The number of carbonyl (C=O) groups excluding carboxylic acids is 2. The largest absolute Gasteiger partial charge is 0.456 e. The molecule has 3 aliphatic carbocycles. The maximum absolute atomic E-state index is 13.8. The summed E-state index contributed by atoms with van der Waals surface area (Å²) in [5.41, 5.74) is -6.81. The molecule has 2 aliphatic heterocycles. The van der Waals surface area contributed by atoms with Crippen LogP contribution in [0.1, 0.15) is 57.0 Å². The Morgan fingerprint density at radius 2 is 1.53 bits per heavy atom. The Hall–Kier alpha value is -3.16.